The minimum atomic E-state index is -3.90. The summed E-state index contributed by atoms with van der Waals surface area (Å²) in [6.45, 7) is 0. The second-order valence-corrected chi connectivity index (χ2v) is 9.85. The van der Waals surface area contributed by atoms with Crippen molar-refractivity contribution in [3.63, 3.8) is 0 Å². The number of carbonyl (C=O) groups is 1. The molecule has 0 bridgehead atoms. The van der Waals surface area contributed by atoms with Crippen LogP contribution in [0.3, 0.4) is 0 Å². The van der Waals surface area contributed by atoms with Crippen LogP contribution in [0.2, 0.25) is 10.0 Å². The summed E-state index contributed by atoms with van der Waals surface area (Å²) < 4.78 is 28.3. The van der Waals surface area contributed by atoms with Gasteiger partial charge in [0.2, 0.25) is 0 Å². The molecule has 0 unspecified atom stereocenters. The van der Waals surface area contributed by atoms with Gasteiger partial charge in [0, 0.05) is 5.02 Å². The summed E-state index contributed by atoms with van der Waals surface area (Å²) in [6, 6.07) is 18.6. The Morgan fingerprint density at radius 3 is 2.19 bits per heavy atom. The second-order valence-electron chi connectivity index (χ2n) is 7.36. The molecule has 0 aliphatic heterocycles. The van der Waals surface area contributed by atoms with Crippen molar-refractivity contribution in [1.29, 1.82) is 0 Å². The first-order valence-electron chi connectivity index (χ1n) is 10.1. The molecule has 0 saturated heterocycles. The van der Waals surface area contributed by atoms with Crippen molar-refractivity contribution in [2.24, 2.45) is 0 Å². The van der Waals surface area contributed by atoms with Crippen LogP contribution in [0.15, 0.2) is 71.6 Å². The summed E-state index contributed by atoms with van der Waals surface area (Å²) >= 11 is 12.0. The standard InChI is InChI=1S/C24H23Cl2NO4S/c25-19-14-15-21(26)23(16-19)32(30,31)27-22-13-7-5-11-18(22)10-3-1-2-8-17-9-4-6-12-20(17)24(28)29/h4-7,9,11-16,27H,1-3,8,10H2,(H,28,29). The lowest BCUT2D eigenvalue weighted by atomic mass is 9.99. The van der Waals surface area contributed by atoms with Crippen molar-refractivity contribution in [1.82, 2.24) is 0 Å². The maximum absolute atomic E-state index is 12.8. The Bertz CT molecular complexity index is 1210. The number of aromatic carboxylic acids is 1. The van der Waals surface area contributed by atoms with Gasteiger partial charge >= 0.3 is 5.97 Å². The molecule has 0 atom stereocenters. The van der Waals surface area contributed by atoms with E-state index in [1.165, 1.54) is 18.2 Å². The zero-order chi connectivity index (χ0) is 23.1. The highest BCUT2D eigenvalue weighted by atomic mass is 35.5. The zero-order valence-electron chi connectivity index (χ0n) is 17.2. The SMILES string of the molecule is O=C(O)c1ccccc1CCCCCc1ccccc1NS(=O)(=O)c1cc(Cl)ccc1Cl. The molecule has 0 amide bonds. The van der Waals surface area contributed by atoms with Gasteiger partial charge in [-0.3, -0.25) is 4.72 Å². The number of hydrogen-bond donors (Lipinski definition) is 2. The van der Waals surface area contributed by atoms with Crippen molar-refractivity contribution >= 4 is 44.9 Å². The molecular weight excluding hydrogens is 469 g/mol. The number of para-hydroxylation sites is 1. The molecule has 0 spiro atoms. The van der Waals surface area contributed by atoms with Gasteiger partial charge in [0.1, 0.15) is 4.90 Å². The number of halogens is 2. The van der Waals surface area contributed by atoms with E-state index in [9.17, 15) is 18.3 Å². The van der Waals surface area contributed by atoms with Crippen molar-refractivity contribution in [2.75, 3.05) is 4.72 Å². The fourth-order valence-electron chi connectivity index (χ4n) is 3.48. The number of unbranched alkanes of at least 4 members (excludes halogenated alkanes) is 2. The van der Waals surface area contributed by atoms with E-state index in [1.807, 2.05) is 24.3 Å². The third kappa shape index (κ3) is 6.25. The lowest BCUT2D eigenvalue weighted by molar-refractivity contribution is 0.0695. The first-order valence-corrected chi connectivity index (χ1v) is 12.4. The Balaban J connectivity index is 1.61. The van der Waals surface area contributed by atoms with E-state index in [2.05, 4.69) is 4.72 Å². The Morgan fingerprint density at radius 1 is 0.844 bits per heavy atom. The third-order valence-corrected chi connectivity index (χ3v) is 7.17. The number of nitrogens with one attached hydrogen (secondary N) is 1. The van der Waals surface area contributed by atoms with Crippen molar-refractivity contribution in [3.05, 3.63) is 93.5 Å². The zero-order valence-corrected chi connectivity index (χ0v) is 19.6. The molecule has 3 rings (SSSR count). The van der Waals surface area contributed by atoms with Crippen molar-refractivity contribution in [3.8, 4) is 0 Å². The lowest BCUT2D eigenvalue weighted by Gasteiger charge is -2.14. The molecule has 0 heterocycles. The molecule has 0 aliphatic rings. The van der Waals surface area contributed by atoms with Gasteiger partial charge in [-0.1, -0.05) is 66.0 Å². The largest absolute Gasteiger partial charge is 0.478 e. The Morgan fingerprint density at radius 2 is 1.47 bits per heavy atom. The van der Waals surface area contributed by atoms with E-state index in [1.54, 1.807) is 24.3 Å². The molecule has 0 aliphatic carbocycles. The van der Waals surface area contributed by atoms with Gasteiger partial charge in [-0.05, 0) is 67.1 Å². The molecule has 8 heteroatoms. The number of aryl methyl sites for hydroxylation is 2. The molecule has 3 aromatic carbocycles. The van der Waals surface area contributed by atoms with Crippen LogP contribution in [0.1, 0.15) is 40.7 Å². The number of benzene rings is 3. The molecule has 0 aromatic heterocycles. The molecule has 3 aromatic rings. The van der Waals surface area contributed by atoms with E-state index in [0.29, 0.717) is 24.1 Å². The van der Waals surface area contributed by atoms with Crippen LogP contribution in [0.5, 0.6) is 0 Å². The predicted molar refractivity (Wildman–Crippen MR) is 128 cm³/mol. The number of sulfonamides is 1. The summed E-state index contributed by atoms with van der Waals surface area (Å²) in [7, 11) is -3.90. The molecule has 2 N–H and O–H groups in total. The Hall–Kier alpha value is -2.54. The predicted octanol–water partition coefficient (Wildman–Crippen LogP) is 6.45. The van der Waals surface area contributed by atoms with Crippen LogP contribution in [0.25, 0.3) is 0 Å². The maximum Gasteiger partial charge on any atom is 0.335 e. The van der Waals surface area contributed by atoms with Crippen LogP contribution in [-0.2, 0) is 22.9 Å². The van der Waals surface area contributed by atoms with E-state index in [4.69, 9.17) is 23.2 Å². The molecule has 5 nitrogen and oxygen atoms in total. The van der Waals surface area contributed by atoms with Gasteiger partial charge in [0.05, 0.1) is 16.3 Å². The van der Waals surface area contributed by atoms with Crippen LogP contribution < -0.4 is 4.72 Å². The highest BCUT2D eigenvalue weighted by Gasteiger charge is 2.20. The minimum Gasteiger partial charge on any atom is -0.478 e. The Labute approximate surface area is 198 Å². The van der Waals surface area contributed by atoms with E-state index in [0.717, 1.165) is 30.4 Å². The van der Waals surface area contributed by atoms with Gasteiger partial charge in [0.25, 0.3) is 10.0 Å². The van der Waals surface area contributed by atoms with Gasteiger partial charge in [-0.15, -0.1) is 0 Å². The first kappa shape index (κ1) is 24.1. The van der Waals surface area contributed by atoms with E-state index < -0.39 is 16.0 Å². The number of carboxylic acid groups (broad SMARTS) is 1. The van der Waals surface area contributed by atoms with Gasteiger partial charge < -0.3 is 5.11 Å². The van der Waals surface area contributed by atoms with Crippen molar-refractivity contribution in [2.45, 2.75) is 37.0 Å². The monoisotopic (exact) mass is 491 g/mol. The average Bonchev–Trinajstić information content (AvgIpc) is 2.76. The maximum atomic E-state index is 12.8. The number of carboxylic acids is 1. The van der Waals surface area contributed by atoms with Crippen molar-refractivity contribution < 1.29 is 18.3 Å². The Kier molecular flexibility index (Phi) is 8.18. The average molecular weight is 492 g/mol. The molecule has 0 saturated carbocycles. The summed E-state index contributed by atoms with van der Waals surface area (Å²) in [6.07, 6.45) is 3.93. The smallest absolute Gasteiger partial charge is 0.335 e. The quantitative estimate of drug-likeness (QED) is 0.319. The van der Waals surface area contributed by atoms with Crippen LogP contribution >= 0.6 is 23.2 Å². The normalized spacial score (nSPS) is 11.3. The number of hydrogen-bond acceptors (Lipinski definition) is 3. The summed E-state index contributed by atoms with van der Waals surface area (Å²) in [4.78, 5) is 11.2. The highest BCUT2D eigenvalue weighted by Crippen LogP contribution is 2.28. The molecular formula is C24H23Cl2NO4S. The topological polar surface area (TPSA) is 83.5 Å². The molecule has 32 heavy (non-hydrogen) atoms. The third-order valence-electron chi connectivity index (χ3n) is 5.08. The second kappa shape index (κ2) is 10.9. The summed E-state index contributed by atoms with van der Waals surface area (Å²) in [5.41, 5.74) is 2.54. The van der Waals surface area contributed by atoms with E-state index >= 15 is 0 Å². The summed E-state index contributed by atoms with van der Waals surface area (Å²) in [5, 5.41) is 9.67. The van der Waals surface area contributed by atoms with Crippen LogP contribution in [-0.4, -0.2) is 19.5 Å². The molecule has 0 radical (unpaired) electrons. The number of rotatable bonds is 10. The fraction of sp³-hybridized carbons (Fsp3) is 0.208. The van der Waals surface area contributed by atoms with Crippen LogP contribution in [0.4, 0.5) is 5.69 Å². The highest BCUT2D eigenvalue weighted by molar-refractivity contribution is 7.92. The number of anilines is 1. The minimum absolute atomic E-state index is 0.0708. The van der Waals surface area contributed by atoms with Gasteiger partial charge in [-0.25, -0.2) is 13.2 Å². The molecule has 168 valence electrons. The van der Waals surface area contributed by atoms with Gasteiger partial charge in [0.15, 0.2) is 0 Å². The lowest BCUT2D eigenvalue weighted by Crippen LogP contribution is -2.14. The first-order chi connectivity index (χ1) is 15.3. The van der Waals surface area contributed by atoms with Gasteiger partial charge in [-0.2, -0.15) is 0 Å². The molecule has 0 fully saturated rings. The van der Waals surface area contributed by atoms with Crippen LogP contribution in [0, 0.1) is 0 Å². The summed E-state index contributed by atoms with van der Waals surface area (Å²) in [5.74, 6) is -0.915. The van der Waals surface area contributed by atoms with E-state index in [-0.39, 0.29) is 14.9 Å². The fourth-order valence-corrected chi connectivity index (χ4v) is 5.34.